The summed E-state index contributed by atoms with van der Waals surface area (Å²) in [5.74, 6) is -1.80. The number of hydrogen-bond acceptors (Lipinski definition) is 5. The molecule has 5 atom stereocenters. The van der Waals surface area contributed by atoms with E-state index in [0.717, 1.165) is 6.20 Å². The van der Waals surface area contributed by atoms with Crippen molar-refractivity contribution in [2.75, 3.05) is 5.32 Å². The van der Waals surface area contributed by atoms with Crippen LogP contribution in [0.2, 0.25) is 5.28 Å². The van der Waals surface area contributed by atoms with E-state index in [1.165, 1.54) is 0 Å². The van der Waals surface area contributed by atoms with Crippen LogP contribution in [-0.4, -0.2) is 33.1 Å². The van der Waals surface area contributed by atoms with Gasteiger partial charge in [-0.3, -0.25) is 4.79 Å². The van der Waals surface area contributed by atoms with Crippen molar-refractivity contribution in [3.05, 3.63) is 17.3 Å². The SMILES string of the molecule is NC(=O)C1C2CC(CC2O)C1Nc1nc(Cl)ncc1F. The Balaban J connectivity index is 1.86. The van der Waals surface area contributed by atoms with Gasteiger partial charge in [0.15, 0.2) is 11.6 Å². The second-order valence-corrected chi connectivity index (χ2v) is 5.73. The Morgan fingerprint density at radius 2 is 2.30 bits per heavy atom. The van der Waals surface area contributed by atoms with Crippen LogP contribution in [0, 0.1) is 23.6 Å². The summed E-state index contributed by atoms with van der Waals surface area (Å²) < 4.78 is 13.7. The first-order valence-electron chi connectivity index (χ1n) is 6.39. The third-order valence-electron chi connectivity index (χ3n) is 4.32. The lowest BCUT2D eigenvalue weighted by Gasteiger charge is -2.32. The molecule has 2 aliphatic carbocycles. The molecule has 2 aliphatic rings. The van der Waals surface area contributed by atoms with E-state index in [0.29, 0.717) is 12.8 Å². The summed E-state index contributed by atoms with van der Waals surface area (Å²) in [6, 6.07) is -0.332. The summed E-state index contributed by atoms with van der Waals surface area (Å²) in [7, 11) is 0. The molecule has 8 heteroatoms. The van der Waals surface area contributed by atoms with E-state index in [1.54, 1.807) is 0 Å². The van der Waals surface area contributed by atoms with Gasteiger partial charge in [0, 0.05) is 6.04 Å². The summed E-state index contributed by atoms with van der Waals surface area (Å²) >= 11 is 5.64. The molecular formula is C12H14ClFN4O2. The van der Waals surface area contributed by atoms with Gasteiger partial charge in [0.2, 0.25) is 11.2 Å². The van der Waals surface area contributed by atoms with Gasteiger partial charge in [-0.1, -0.05) is 0 Å². The number of carbonyl (C=O) groups excluding carboxylic acids is 1. The Morgan fingerprint density at radius 3 is 3.00 bits per heavy atom. The summed E-state index contributed by atoms with van der Waals surface area (Å²) in [6.07, 6.45) is 1.73. The van der Waals surface area contributed by atoms with Crippen molar-refractivity contribution in [1.82, 2.24) is 9.97 Å². The maximum atomic E-state index is 13.7. The second-order valence-electron chi connectivity index (χ2n) is 5.40. The van der Waals surface area contributed by atoms with Crippen LogP contribution in [-0.2, 0) is 4.79 Å². The molecule has 1 amide bonds. The van der Waals surface area contributed by atoms with Crippen molar-refractivity contribution in [3.8, 4) is 0 Å². The zero-order chi connectivity index (χ0) is 14.4. The molecule has 108 valence electrons. The minimum Gasteiger partial charge on any atom is -0.393 e. The molecule has 5 unspecified atom stereocenters. The van der Waals surface area contributed by atoms with Crippen molar-refractivity contribution >= 4 is 23.3 Å². The normalized spacial score (nSPS) is 35.2. The summed E-state index contributed by atoms with van der Waals surface area (Å²) in [5, 5.41) is 12.7. The van der Waals surface area contributed by atoms with Gasteiger partial charge in [-0.15, -0.1) is 0 Å². The number of anilines is 1. The standard InChI is InChI=1S/C12H14ClFN4O2/c13-12-16-3-6(14)11(18-12)17-9-4-1-5(7(19)2-4)8(9)10(15)20/h3-5,7-9,19H,1-2H2,(H2,15,20)(H,16,17,18). The largest absolute Gasteiger partial charge is 0.393 e. The number of aromatic nitrogens is 2. The Hall–Kier alpha value is -1.47. The average molecular weight is 301 g/mol. The maximum absolute atomic E-state index is 13.7. The zero-order valence-electron chi connectivity index (χ0n) is 10.5. The molecular weight excluding hydrogens is 287 g/mol. The van der Waals surface area contributed by atoms with Crippen LogP contribution < -0.4 is 11.1 Å². The highest BCUT2D eigenvalue weighted by Crippen LogP contribution is 2.49. The first-order chi connectivity index (χ1) is 9.47. The van der Waals surface area contributed by atoms with Crippen molar-refractivity contribution in [1.29, 1.82) is 0 Å². The molecule has 1 aromatic rings. The van der Waals surface area contributed by atoms with Crippen molar-refractivity contribution in [2.45, 2.75) is 25.0 Å². The predicted molar refractivity (Wildman–Crippen MR) is 69.3 cm³/mol. The summed E-state index contributed by atoms with van der Waals surface area (Å²) in [4.78, 5) is 18.9. The molecule has 0 aromatic carbocycles. The second kappa shape index (κ2) is 4.82. The van der Waals surface area contributed by atoms with E-state index >= 15 is 0 Å². The van der Waals surface area contributed by atoms with Gasteiger partial charge in [-0.05, 0) is 36.3 Å². The number of rotatable bonds is 3. The fraction of sp³-hybridized carbons (Fsp3) is 0.583. The van der Waals surface area contributed by atoms with Crippen molar-refractivity contribution < 1.29 is 14.3 Å². The maximum Gasteiger partial charge on any atom is 0.224 e. The molecule has 2 bridgehead atoms. The smallest absolute Gasteiger partial charge is 0.224 e. The van der Waals surface area contributed by atoms with E-state index in [4.69, 9.17) is 17.3 Å². The molecule has 20 heavy (non-hydrogen) atoms. The lowest BCUT2D eigenvalue weighted by molar-refractivity contribution is -0.125. The average Bonchev–Trinajstić information content (AvgIpc) is 2.90. The Labute approximate surface area is 119 Å². The minimum absolute atomic E-state index is 0.0386. The van der Waals surface area contributed by atoms with Gasteiger partial charge in [0.05, 0.1) is 18.2 Å². The number of nitrogens with zero attached hydrogens (tertiary/aromatic N) is 2. The molecule has 0 saturated heterocycles. The Bertz CT molecular complexity index is 558. The van der Waals surface area contributed by atoms with Gasteiger partial charge in [-0.25, -0.2) is 9.37 Å². The molecule has 3 rings (SSSR count). The fourth-order valence-electron chi connectivity index (χ4n) is 3.53. The molecule has 0 spiro atoms. The van der Waals surface area contributed by atoms with Crippen LogP contribution in [0.3, 0.4) is 0 Å². The quantitative estimate of drug-likeness (QED) is 0.708. The van der Waals surface area contributed by atoms with Crippen LogP contribution in [0.15, 0.2) is 6.20 Å². The number of aliphatic hydroxyl groups is 1. The number of primary amides is 1. The van der Waals surface area contributed by atoms with Gasteiger partial charge in [-0.2, -0.15) is 4.98 Å². The van der Waals surface area contributed by atoms with Crippen molar-refractivity contribution in [3.63, 3.8) is 0 Å². The Morgan fingerprint density at radius 1 is 1.55 bits per heavy atom. The number of carbonyl (C=O) groups is 1. The molecule has 0 aliphatic heterocycles. The van der Waals surface area contributed by atoms with Gasteiger partial charge < -0.3 is 16.2 Å². The van der Waals surface area contributed by atoms with E-state index in [1.807, 2.05) is 0 Å². The van der Waals surface area contributed by atoms with Gasteiger partial charge in [0.25, 0.3) is 0 Å². The lowest BCUT2D eigenvalue weighted by Crippen LogP contribution is -2.46. The Kier molecular flexibility index (Phi) is 3.25. The predicted octanol–water partition coefficient (Wildman–Crippen LogP) is 0.552. The molecule has 0 radical (unpaired) electrons. The van der Waals surface area contributed by atoms with E-state index in [2.05, 4.69) is 15.3 Å². The van der Waals surface area contributed by atoms with Crippen LogP contribution in [0.25, 0.3) is 0 Å². The number of nitrogens with two attached hydrogens (primary N) is 1. The van der Waals surface area contributed by atoms with Crippen LogP contribution in [0.1, 0.15) is 12.8 Å². The van der Waals surface area contributed by atoms with Crippen LogP contribution in [0.4, 0.5) is 10.2 Å². The number of hydrogen-bond donors (Lipinski definition) is 3. The van der Waals surface area contributed by atoms with Crippen LogP contribution in [0.5, 0.6) is 0 Å². The monoisotopic (exact) mass is 300 g/mol. The zero-order valence-corrected chi connectivity index (χ0v) is 11.2. The molecule has 1 aromatic heterocycles. The highest BCUT2D eigenvalue weighted by atomic mass is 35.5. The molecule has 1 heterocycles. The van der Waals surface area contributed by atoms with E-state index < -0.39 is 23.7 Å². The third kappa shape index (κ3) is 2.10. The molecule has 4 N–H and O–H groups in total. The van der Waals surface area contributed by atoms with Crippen molar-refractivity contribution in [2.24, 2.45) is 23.5 Å². The number of fused-ring (bicyclic) bond motifs is 2. The minimum atomic E-state index is -0.638. The lowest BCUT2D eigenvalue weighted by atomic mass is 9.82. The topological polar surface area (TPSA) is 101 Å². The number of halogens is 2. The number of amides is 1. The molecule has 2 fully saturated rings. The molecule has 2 saturated carbocycles. The third-order valence-corrected chi connectivity index (χ3v) is 4.50. The molecule has 6 nitrogen and oxygen atoms in total. The summed E-state index contributed by atoms with van der Waals surface area (Å²) in [5.41, 5.74) is 5.42. The number of nitrogens with one attached hydrogen (secondary N) is 1. The first kappa shape index (κ1) is 13.5. The first-order valence-corrected chi connectivity index (χ1v) is 6.77. The van der Waals surface area contributed by atoms with Gasteiger partial charge in [0.1, 0.15) is 0 Å². The van der Waals surface area contributed by atoms with Crippen LogP contribution >= 0.6 is 11.6 Å². The van der Waals surface area contributed by atoms with E-state index in [-0.39, 0.29) is 29.0 Å². The highest BCUT2D eigenvalue weighted by molar-refractivity contribution is 6.28. The van der Waals surface area contributed by atoms with Gasteiger partial charge >= 0.3 is 0 Å². The number of aliphatic hydroxyl groups excluding tert-OH is 1. The summed E-state index contributed by atoms with van der Waals surface area (Å²) in [6.45, 7) is 0. The van der Waals surface area contributed by atoms with E-state index in [9.17, 15) is 14.3 Å². The highest BCUT2D eigenvalue weighted by Gasteiger charge is 2.54. The fourth-order valence-corrected chi connectivity index (χ4v) is 3.66.